The van der Waals surface area contributed by atoms with Crippen molar-refractivity contribution >= 4 is 23.6 Å². The smallest absolute Gasteiger partial charge is 0.338 e. The highest BCUT2D eigenvalue weighted by molar-refractivity contribution is 5.99. The number of rotatable bonds is 9. The van der Waals surface area contributed by atoms with Crippen molar-refractivity contribution in [3.63, 3.8) is 0 Å². The summed E-state index contributed by atoms with van der Waals surface area (Å²) in [6.07, 6.45) is 2.95. The quantitative estimate of drug-likeness (QED) is 0.138. The zero-order valence-corrected chi connectivity index (χ0v) is 19.6. The van der Waals surface area contributed by atoms with E-state index in [2.05, 4.69) is 20.8 Å². The van der Waals surface area contributed by atoms with Gasteiger partial charge in [-0.25, -0.2) is 4.79 Å². The fraction of sp³-hybridized carbons (Fsp3) is 0.360. The number of anilines is 1. The van der Waals surface area contributed by atoms with Crippen molar-refractivity contribution in [3.8, 4) is 11.1 Å². The van der Waals surface area contributed by atoms with E-state index in [4.69, 9.17) is 10.6 Å². The minimum absolute atomic E-state index is 0.106. The van der Waals surface area contributed by atoms with Crippen molar-refractivity contribution in [2.45, 2.75) is 39.0 Å². The third kappa shape index (κ3) is 5.37. The SMILES string of the molecule is CCCN(CCCN=O)C(=O)C1=Cc2ccc(-c3ccc4c(c3)C(=O)OC4)cc2NC(N=NN)C1. The number of ether oxygens (including phenoxy) is 1. The highest BCUT2D eigenvalue weighted by Crippen LogP contribution is 2.33. The molecule has 4 rings (SSSR count). The number of carbonyl (C=O) groups excluding carboxylic acids is 2. The third-order valence-corrected chi connectivity index (χ3v) is 6.08. The standard InChI is InChI=1S/C25H28N6O4/c1-2-9-31(10-3-8-27-34)24(32)20-11-18-6-4-17(13-22(18)28-23(14-20)29-30-26)16-5-7-19-15-35-25(33)21(19)12-16/h4-7,11-13,23,28H,2-3,8-10,14-15H2,1H3,(H2,26,29). The minimum atomic E-state index is -0.526. The summed E-state index contributed by atoms with van der Waals surface area (Å²) in [5, 5.41) is 13.8. The van der Waals surface area contributed by atoms with Crippen LogP contribution in [0.15, 0.2) is 57.5 Å². The molecule has 0 fully saturated rings. The first-order valence-electron chi connectivity index (χ1n) is 11.6. The van der Waals surface area contributed by atoms with Gasteiger partial charge in [0.25, 0.3) is 0 Å². The molecule has 0 radical (unpaired) electrons. The van der Waals surface area contributed by atoms with Crippen LogP contribution in [-0.2, 0) is 16.1 Å². The number of nitrogens with zero attached hydrogens (tertiary/aromatic N) is 4. The van der Waals surface area contributed by atoms with Gasteiger partial charge in [-0.2, -0.15) is 4.91 Å². The molecular weight excluding hydrogens is 448 g/mol. The first-order valence-corrected chi connectivity index (χ1v) is 11.6. The molecule has 1 amide bonds. The normalized spacial score (nSPS) is 16.5. The Bertz CT molecular complexity index is 1190. The molecule has 0 aromatic heterocycles. The van der Waals surface area contributed by atoms with Crippen LogP contribution in [0.25, 0.3) is 17.2 Å². The number of hydrogen-bond acceptors (Lipinski definition) is 8. The molecule has 10 nitrogen and oxygen atoms in total. The molecule has 2 heterocycles. The van der Waals surface area contributed by atoms with Crippen LogP contribution in [0.2, 0.25) is 0 Å². The number of hydrogen-bond donors (Lipinski definition) is 2. The van der Waals surface area contributed by atoms with E-state index < -0.39 is 6.17 Å². The average molecular weight is 477 g/mol. The predicted molar refractivity (Wildman–Crippen MR) is 132 cm³/mol. The minimum Gasteiger partial charge on any atom is -0.457 e. The van der Waals surface area contributed by atoms with E-state index in [1.54, 1.807) is 4.90 Å². The van der Waals surface area contributed by atoms with Crippen molar-refractivity contribution in [3.05, 3.63) is 63.6 Å². The van der Waals surface area contributed by atoms with Gasteiger partial charge in [-0.15, -0.1) is 5.11 Å². The molecule has 2 aromatic carbocycles. The number of amides is 1. The van der Waals surface area contributed by atoms with Crippen LogP contribution in [0.4, 0.5) is 5.69 Å². The summed E-state index contributed by atoms with van der Waals surface area (Å²) in [5.74, 6) is 4.93. The van der Waals surface area contributed by atoms with Crippen LogP contribution in [0.1, 0.15) is 47.7 Å². The van der Waals surface area contributed by atoms with Gasteiger partial charge in [0.15, 0.2) is 0 Å². The highest BCUT2D eigenvalue weighted by Gasteiger charge is 2.25. The van der Waals surface area contributed by atoms with Crippen molar-refractivity contribution in [2.24, 2.45) is 21.4 Å². The van der Waals surface area contributed by atoms with E-state index in [9.17, 15) is 14.5 Å². The molecule has 0 saturated heterocycles. The number of nitrogens with two attached hydrogens (primary N) is 1. The fourth-order valence-electron chi connectivity index (χ4n) is 4.38. The Kier molecular flexibility index (Phi) is 7.49. The second kappa shape index (κ2) is 10.9. The first kappa shape index (κ1) is 24.1. The lowest BCUT2D eigenvalue weighted by Gasteiger charge is -2.23. The van der Waals surface area contributed by atoms with E-state index in [0.717, 1.165) is 34.4 Å². The topological polar surface area (TPSA) is 139 Å². The molecule has 35 heavy (non-hydrogen) atoms. The second-order valence-electron chi connectivity index (χ2n) is 8.51. The van der Waals surface area contributed by atoms with Gasteiger partial charge < -0.3 is 20.8 Å². The Labute approximate surface area is 203 Å². The van der Waals surface area contributed by atoms with Crippen LogP contribution in [0.5, 0.6) is 0 Å². The van der Waals surface area contributed by atoms with Crippen LogP contribution in [-0.4, -0.2) is 42.6 Å². The van der Waals surface area contributed by atoms with Gasteiger partial charge in [0.1, 0.15) is 12.8 Å². The summed E-state index contributed by atoms with van der Waals surface area (Å²) in [4.78, 5) is 37.6. The molecule has 3 N–H and O–H groups in total. The molecule has 1 atom stereocenters. The molecule has 0 bridgehead atoms. The summed E-state index contributed by atoms with van der Waals surface area (Å²) >= 11 is 0. The number of fused-ring (bicyclic) bond motifs is 2. The number of carbonyl (C=O) groups is 2. The lowest BCUT2D eigenvalue weighted by atomic mass is 9.98. The Morgan fingerprint density at radius 2 is 2.00 bits per heavy atom. The Morgan fingerprint density at radius 3 is 2.77 bits per heavy atom. The zero-order valence-electron chi connectivity index (χ0n) is 19.6. The summed E-state index contributed by atoms with van der Waals surface area (Å²) in [5.41, 5.74) is 5.42. The lowest BCUT2D eigenvalue weighted by molar-refractivity contribution is -0.127. The van der Waals surface area contributed by atoms with Gasteiger partial charge in [-0.3, -0.25) is 4.79 Å². The monoisotopic (exact) mass is 476 g/mol. The molecule has 0 spiro atoms. The zero-order chi connectivity index (χ0) is 24.8. The van der Waals surface area contributed by atoms with Crippen LogP contribution in [0, 0.1) is 4.91 Å². The molecular formula is C25H28N6O4. The van der Waals surface area contributed by atoms with Crippen LogP contribution in [0.3, 0.4) is 0 Å². The molecule has 0 saturated carbocycles. The molecule has 10 heteroatoms. The maximum absolute atomic E-state index is 13.4. The summed E-state index contributed by atoms with van der Waals surface area (Å²) in [6, 6.07) is 11.5. The average Bonchev–Trinajstić information content (AvgIpc) is 3.13. The third-order valence-electron chi connectivity index (χ3n) is 6.08. The van der Waals surface area contributed by atoms with Crippen molar-refractivity contribution < 1.29 is 14.3 Å². The van der Waals surface area contributed by atoms with Crippen LogP contribution >= 0.6 is 0 Å². The molecule has 2 aliphatic rings. The summed E-state index contributed by atoms with van der Waals surface area (Å²) in [7, 11) is 0. The van der Waals surface area contributed by atoms with E-state index in [1.807, 2.05) is 49.4 Å². The van der Waals surface area contributed by atoms with E-state index >= 15 is 0 Å². The summed E-state index contributed by atoms with van der Waals surface area (Å²) in [6.45, 7) is 3.51. The van der Waals surface area contributed by atoms with Gasteiger partial charge in [0.2, 0.25) is 5.91 Å². The Hall–Kier alpha value is -4.08. The molecule has 1 unspecified atom stereocenters. The Balaban J connectivity index is 1.67. The maximum Gasteiger partial charge on any atom is 0.338 e. The largest absolute Gasteiger partial charge is 0.457 e. The van der Waals surface area contributed by atoms with Gasteiger partial charge in [-0.1, -0.05) is 41.6 Å². The van der Waals surface area contributed by atoms with Gasteiger partial charge >= 0.3 is 5.97 Å². The number of benzene rings is 2. The number of esters is 1. The molecule has 0 aliphatic carbocycles. The predicted octanol–water partition coefficient (Wildman–Crippen LogP) is 4.27. The number of nitrogens with one attached hydrogen (secondary N) is 1. The molecule has 182 valence electrons. The maximum atomic E-state index is 13.4. The highest BCUT2D eigenvalue weighted by atomic mass is 16.5. The van der Waals surface area contributed by atoms with E-state index in [1.165, 1.54) is 0 Å². The fourth-order valence-corrected chi connectivity index (χ4v) is 4.38. The van der Waals surface area contributed by atoms with Gasteiger partial charge in [0, 0.05) is 36.3 Å². The van der Waals surface area contributed by atoms with Crippen molar-refractivity contribution in [2.75, 3.05) is 25.0 Å². The first-order chi connectivity index (χ1) is 17.0. The number of nitroso groups, excluding NO2 is 1. The lowest BCUT2D eigenvalue weighted by Crippen LogP contribution is -2.35. The van der Waals surface area contributed by atoms with Gasteiger partial charge in [-0.05, 0) is 47.7 Å². The molecule has 2 aliphatic heterocycles. The van der Waals surface area contributed by atoms with Gasteiger partial charge in [0.05, 0.1) is 12.1 Å². The van der Waals surface area contributed by atoms with E-state index in [0.29, 0.717) is 43.7 Å². The van der Waals surface area contributed by atoms with Crippen molar-refractivity contribution in [1.82, 2.24) is 4.90 Å². The molecule has 2 aromatic rings. The van der Waals surface area contributed by atoms with Crippen molar-refractivity contribution in [1.29, 1.82) is 0 Å². The second-order valence-corrected chi connectivity index (χ2v) is 8.51. The summed E-state index contributed by atoms with van der Waals surface area (Å²) < 4.78 is 5.11. The van der Waals surface area contributed by atoms with E-state index in [-0.39, 0.29) is 18.4 Å². The van der Waals surface area contributed by atoms with Crippen LogP contribution < -0.4 is 11.2 Å². The number of cyclic esters (lactones) is 1. The Morgan fingerprint density at radius 1 is 1.20 bits per heavy atom.